The molecule has 0 aromatic heterocycles. The van der Waals surface area contributed by atoms with E-state index in [-0.39, 0.29) is 23.9 Å². The smallest absolute Gasteiger partial charge is 0.340 e. The monoisotopic (exact) mass is 373 g/mol. The van der Waals surface area contributed by atoms with Gasteiger partial charge in [0.15, 0.2) is 12.4 Å². The number of ether oxygens (including phenoxy) is 1. The van der Waals surface area contributed by atoms with Gasteiger partial charge in [-0.1, -0.05) is 44.5 Å². The van der Waals surface area contributed by atoms with Crippen LogP contribution in [0.25, 0.3) is 0 Å². The van der Waals surface area contributed by atoms with Crippen molar-refractivity contribution < 1.29 is 19.1 Å². The zero-order valence-electron chi connectivity index (χ0n) is 14.8. The quantitative estimate of drug-likeness (QED) is 0.790. The van der Waals surface area contributed by atoms with Crippen molar-refractivity contribution in [3.05, 3.63) is 64.7 Å². The van der Waals surface area contributed by atoms with Gasteiger partial charge < -0.3 is 10.1 Å². The number of benzene rings is 2. The van der Waals surface area contributed by atoms with Crippen LogP contribution in [0.4, 0.5) is 5.69 Å². The summed E-state index contributed by atoms with van der Waals surface area (Å²) in [4.78, 5) is 36.6. The van der Waals surface area contributed by atoms with Gasteiger partial charge in [-0.3, -0.25) is 9.59 Å². The van der Waals surface area contributed by atoms with Crippen molar-refractivity contribution in [1.82, 2.24) is 0 Å². The normalized spacial score (nSPS) is 10.9. The third kappa shape index (κ3) is 5.17. The first kappa shape index (κ1) is 19.7. The number of hydrogen-bond donors (Lipinski definition) is 1. The van der Waals surface area contributed by atoms with Gasteiger partial charge in [-0.15, -0.1) is 0 Å². The number of ketones is 1. The molecule has 6 heteroatoms. The van der Waals surface area contributed by atoms with Crippen LogP contribution in [0.2, 0.25) is 5.02 Å². The summed E-state index contributed by atoms with van der Waals surface area (Å²) in [5, 5.41) is 3.20. The van der Waals surface area contributed by atoms with Crippen LogP contribution in [0.5, 0.6) is 0 Å². The van der Waals surface area contributed by atoms with Crippen LogP contribution in [0, 0.1) is 5.41 Å². The highest BCUT2D eigenvalue weighted by Crippen LogP contribution is 2.19. The molecule has 26 heavy (non-hydrogen) atoms. The van der Waals surface area contributed by atoms with E-state index < -0.39 is 11.4 Å². The van der Waals surface area contributed by atoms with E-state index in [9.17, 15) is 14.4 Å². The first-order valence-electron chi connectivity index (χ1n) is 8.05. The summed E-state index contributed by atoms with van der Waals surface area (Å²) in [6.07, 6.45) is 0. The highest BCUT2D eigenvalue weighted by atomic mass is 35.5. The Balaban J connectivity index is 2.12. The number of anilines is 1. The number of hydrogen-bond acceptors (Lipinski definition) is 4. The molecule has 0 radical (unpaired) electrons. The van der Waals surface area contributed by atoms with Crippen LogP contribution in [-0.4, -0.2) is 24.3 Å². The first-order valence-corrected chi connectivity index (χ1v) is 8.42. The molecule has 0 saturated heterocycles. The van der Waals surface area contributed by atoms with Gasteiger partial charge in [-0.05, 0) is 36.4 Å². The highest BCUT2D eigenvalue weighted by Gasteiger charge is 2.23. The Morgan fingerprint density at radius 1 is 1.00 bits per heavy atom. The molecule has 0 aliphatic heterocycles. The molecule has 0 heterocycles. The Morgan fingerprint density at radius 3 is 2.23 bits per heavy atom. The van der Waals surface area contributed by atoms with Crippen molar-refractivity contribution in [3.63, 3.8) is 0 Å². The van der Waals surface area contributed by atoms with Crippen molar-refractivity contribution in [2.24, 2.45) is 5.41 Å². The topological polar surface area (TPSA) is 72.5 Å². The van der Waals surface area contributed by atoms with E-state index in [4.69, 9.17) is 16.3 Å². The van der Waals surface area contributed by atoms with Crippen molar-refractivity contribution in [1.29, 1.82) is 0 Å². The summed E-state index contributed by atoms with van der Waals surface area (Å²) in [6.45, 7) is 4.94. The SMILES string of the molecule is CC(C)(C)C(=O)COC(=O)c1ccccc1NC(=O)c1ccc(Cl)cc1. The largest absolute Gasteiger partial charge is 0.454 e. The van der Waals surface area contributed by atoms with Gasteiger partial charge in [0.1, 0.15) is 0 Å². The third-order valence-electron chi connectivity index (χ3n) is 3.67. The Kier molecular flexibility index (Phi) is 6.16. The van der Waals surface area contributed by atoms with Gasteiger partial charge in [0.25, 0.3) is 5.91 Å². The summed E-state index contributed by atoms with van der Waals surface area (Å²) in [7, 11) is 0. The average Bonchev–Trinajstić information content (AvgIpc) is 2.59. The molecule has 0 unspecified atom stereocenters. The molecular weight excluding hydrogens is 354 g/mol. The lowest BCUT2D eigenvalue weighted by Crippen LogP contribution is -2.26. The highest BCUT2D eigenvalue weighted by molar-refractivity contribution is 6.30. The van der Waals surface area contributed by atoms with Crippen LogP contribution in [-0.2, 0) is 9.53 Å². The fraction of sp³-hybridized carbons (Fsp3) is 0.250. The molecule has 2 aromatic carbocycles. The Bertz CT molecular complexity index is 822. The molecule has 0 aliphatic rings. The molecule has 0 saturated carbocycles. The van der Waals surface area contributed by atoms with E-state index in [2.05, 4.69) is 5.32 Å². The molecular formula is C20H20ClNO4. The number of amides is 1. The number of carbonyl (C=O) groups excluding carboxylic acids is 3. The Hall–Kier alpha value is -2.66. The van der Waals surface area contributed by atoms with Gasteiger partial charge in [0, 0.05) is 16.0 Å². The minimum Gasteiger partial charge on any atom is -0.454 e. The fourth-order valence-electron chi connectivity index (χ4n) is 1.99. The van der Waals surface area contributed by atoms with Crippen LogP contribution < -0.4 is 5.32 Å². The minimum atomic E-state index is -0.672. The van der Waals surface area contributed by atoms with Crippen molar-refractivity contribution in [2.75, 3.05) is 11.9 Å². The summed E-state index contributed by atoms with van der Waals surface area (Å²) in [6, 6.07) is 12.8. The lowest BCUT2D eigenvalue weighted by atomic mass is 9.91. The first-order chi connectivity index (χ1) is 12.2. The number of rotatable bonds is 5. The molecule has 0 atom stereocenters. The second-order valence-electron chi connectivity index (χ2n) is 6.76. The Labute approximate surface area is 157 Å². The molecule has 2 aromatic rings. The molecule has 5 nitrogen and oxygen atoms in total. The van der Waals surface area contributed by atoms with E-state index in [1.54, 1.807) is 63.2 Å². The molecule has 0 aliphatic carbocycles. The lowest BCUT2D eigenvalue weighted by Gasteiger charge is -2.16. The number of esters is 1. The van der Waals surface area contributed by atoms with Crippen molar-refractivity contribution >= 4 is 34.9 Å². The molecule has 2 rings (SSSR count). The average molecular weight is 374 g/mol. The predicted octanol–water partition coefficient (Wildman–Crippen LogP) is 4.36. The number of Topliss-reactive ketones (excluding diaryl/α,β-unsaturated/α-hetero) is 1. The maximum Gasteiger partial charge on any atom is 0.340 e. The molecule has 1 N–H and O–H groups in total. The van der Waals surface area contributed by atoms with Gasteiger partial charge in [0.05, 0.1) is 11.3 Å². The zero-order valence-corrected chi connectivity index (χ0v) is 15.6. The van der Waals surface area contributed by atoms with Gasteiger partial charge in [-0.25, -0.2) is 4.79 Å². The zero-order chi connectivity index (χ0) is 19.3. The number of nitrogens with one attached hydrogen (secondary N) is 1. The van der Waals surface area contributed by atoms with E-state index in [0.717, 1.165) is 0 Å². The Morgan fingerprint density at radius 2 is 1.62 bits per heavy atom. The van der Waals surface area contributed by atoms with E-state index in [0.29, 0.717) is 16.3 Å². The van der Waals surface area contributed by atoms with Crippen LogP contribution in [0.15, 0.2) is 48.5 Å². The summed E-state index contributed by atoms with van der Waals surface area (Å²) in [5.74, 6) is -1.24. The predicted molar refractivity (Wildman–Crippen MR) is 101 cm³/mol. The number of carbonyl (C=O) groups is 3. The standard InChI is InChI=1S/C20H20ClNO4/c1-20(2,3)17(23)12-26-19(25)15-6-4-5-7-16(15)22-18(24)13-8-10-14(21)11-9-13/h4-11H,12H2,1-3H3,(H,22,24). The molecule has 0 spiro atoms. The maximum absolute atomic E-state index is 12.3. The number of para-hydroxylation sites is 1. The summed E-state index contributed by atoms with van der Waals surface area (Å²) >= 11 is 5.82. The molecule has 136 valence electrons. The summed E-state index contributed by atoms with van der Waals surface area (Å²) in [5.41, 5.74) is 0.292. The van der Waals surface area contributed by atoms with Crippen molar-refractivity contribution in [3.8, 4) is 0 Å². The lowest BCUT2D eigenvalue weighted by molar-refractivity contribution is -0.129. The third-order valence-corrected chi connectivity index (χ3v) is 3.92. The maximum atomic E-state index is 12.3. The second-order valence-corrected chi connectivity index (χ2v) is 7.19. The van der Waals surface area contributed by atoms with E-state index in [1.807, 2.05) is 0 Å². The fourth-order valence-corrected chi connectivity index (χ4v) is 2.12. The minimum absolute atomic E-state index is 0.177. The van der Waals surface area contributed by atoms with E-state index >= 15 is 0 Å². The summed E-state index contributed by atoms with van der Waals surface area (Å²) < 4.78 is 5.10. The van der Waals surface area contributed by atoms with Gasteiger partial charge in [0.2, 0.25) is 0 Å². The second kappa shape index (κ2) is 8.15. The van der Waals surface area contributed by atoms with Crippen LogP contribution >= 0.6 is 11.6 Å². The molecule has 1 amide bonds. The van der Waals surface area contributed by atoms with E-state index in [1.165, 1.54) is 6.07 Å². The van der Waals surface area contributed by atoms with Gasteiger partial charge >= 0.3 is 5.97 Å². The molecule has 0 bridgehead atoms. The van der Waals surface area contributed by atoms with Crippen LogP contribution in [0.3, 0.4) is 0 Å². The number of halogens is 1. The van der Waals surface area contributed by atoms with Crippen LogP contribution in [0.1, 0.15) is 41.5 Å². The van der Waals surface area contributed by atoms with Gasteiger partial charge in [-0.2, -0.15) is 0 Å². The molecule has 0 fully saturated rings. The van der Waals surface area contributed by atoms with Crippen molar-refractivity contribution in [2.45, 2.75) is 20.8 Å².